The number of benzene rings is 2. The second-order valence-corrected chi connectivity index (χ2v) is 9.37. The normalized spacial score (nSPS) is 17.1. The van der Waals surface area contributed by atoms with Crippen LogP contribution in [-0.4, -0.2) is 90.2 Å². The second kappa shape index (κ2) is 12.0. The summed E-state index contributed by atoms with van der Waals surface area (Å²) in [6, 6.07) is 12.9. The number of guanidine groups is 1. The van der Waals surface area contributed by atoms with Crippen molar-refractivity contribution in [3.05, 3.63) is 48.4 Å². The van der Waals surface area contributed by atoms with Crippen LogP contribution in [0.15, 0.2) is 56.9 Å². The van der Waals surface area contributed by atoms with E-state index in [0.29, 0.717) is 55.1 Å². The summed E-state index contributed by atoms with van der Waals surface area (Å²) >= 11 is 10.2. The topological polar surface area (TPSA) is 136 Å². The van der Waals surface area contributed by atoms with Gasteiger partial charge in [-0.1, -0.05) is 31.0 Å². The zero-order valence-electron chi connectivity index (χ0n) is 22.1. The Morgan fingerprint density at radius 1 is 1.02 bits per heavy atom. The lowest BCUT2D eigenvalue weighted by atomic mass is 10.2. The van der Waals surface area contributed by atoms with Gasteiger partial charge in [0.1, 0.15) is 0 Å². The number of aromatic nitrogens is 2. The first-order chi connectivity index (χ1) is 19.4. The van der Waals surface area contributed by atoms with E-state index >= 15 is 0 Å². The summed E-state index contributed by atoms with van der Waals surface area (Å²) in [4.78, 5) is 13.3. The molecule has 0 bridgehead atoms. The summed E-state index contributed by atoms with van der Waals surface area (Å²) in [6.07, 6.45) is -0.801. The highest BCUT2D eigenvalue weighted by Gasteiger charge is 2.36. The number of hydrogen-bond acceptors (Lipinski definition) is 13. The van der Waals surface area contributed by atoms with Gasteiger partial charge in [-0.15, -0.1) is 10.2 Å². The maximum absolute atomic E-state index is 6.20. The van der Waals surface area contributed by atoms with Gasteiger partial charge in [0.05, 0.1) is 34.5 Å². The average molecular weight is 585 g/mol. The van der Waals surface area contributed by atoms with E-state index in [0.717, 1.165) is 5.69 Å². The number of thiol groups is 1. The number of amidine groups is 1. The lowest BCUT2D eigenvalue weighted by Gasteiger charge is -2.41. The number of nitrogens with two attached hydrogens (primary N) is 1. The van der Waals surface area contributed by atoms with Gasteiger partial charge < -0.3 is 34.0 Å². The molecule has 15 heteroatoms. The Hall–Kier alpha value is -4.08. The molecule has 1 atom stereocenters. The molecule has 2 N–H and O–H groups in total. The predicted octanol–water partition coefficient (Wildman–Crippen LogP) is 2.39. The molecule has 1 saturated heterocycles. The highest BCUT2D eigenvalue weighted by atomic mass is 32.1. The quantitative estimate of drug-likeness (QED) is 0.312. The molecule has 2 aromatic carbocycles. The van der Waals surface area contributed by atoms with Crippen LogP contribution in [-0.2, 0) is 4.74 Å². The van der Waals surface area contributed by atoms with Crippen LogP contribution >= 0.6 is 25.0 Å². The van der Waals surface area contributed by atoms with E-state index in [1.165, 1.54) is 21.3 Å². The van der Waals surface area contributed by atoms with Crippen molar-refractivity contribution in [1.29, 1.82) is 0 Å². The first-order valence-corrected chi connectivity index (χ1v) is 13.0. The minimum Gasteiger partial charge on any atom is -0.493 e. The van der Waals surface area contributed by atoms with Crippen LogP contribution in [0.5, 0.6) is 17.2 Å². The predicted molar refractivity (Wildman–Crippen MR) is 156 cm³/mol. The van der Waals surface area contributed by atoms with E-state index < -0.39 is 6.29 Å². The third kappa shape index (κ3) is 5.35. The molecule has 3 heterocycles. The summed E-state index contributed by atoms with van der Waals surface area (Å²) in [5.41, 5.74) is 7.49. The van der Waals surface area contributed by atoms with Crippen LogP contribution in [0.1, 0.15) is 5.89 Å². The Labute approximate surface area is 241 Å². The van der Waals surface area contributed by atoms with E-state index in [1.54, 1.807) is 21.3 Å². The SMILES string of the molecule is COc1cc(-c2nnc(C3=NC(N(C(N)=S)c4ccccc4)N(S)C(N4CCOCC4)=N3)o2)cc(OC)c1OC. The van der Waals surface area contributed by atoms with Gasteiger partial charge in [-0.25, -0.2) is 9.30 Å². The molecule has 3 aromatic rings. The largest absolute Gasteiger partial charge is 0.493 e. The van der Waals surface area contributed by atoms with E-state index in [-0.39, 0.29) is 22.7 Å². The van der Waals surface area contributed by atoms with E-state index in [4.69, 9.17) is 64.1 Å². The van der Waals surface area contributed by atoms with E-state index in [2.05, 4.69) is 10.2 Å². The number of anilines is 1. The molecule has 0 radical (unpaired) electrons. The van der Waals surface area contributed by atoms with Crippen LogP contribution in [0.2, 0.25) is 0 Å². The average Bonchev–Trinajstić information content (AvgIpc) is 3.48. The molecule has 0 amide bonds. The van der Waals surface area contributed by atoms with Crippen LogP contribution in [0.4, 0.5) is 5.69 Å². The molecule has 5 rings (SSSR count). The Bertz CT molecular complexity index is 1400. The molecular weight excluding hydrogens is 556 g/mol. The zero-order chi connectivity index (χ0) is 28.2. The molecule has 1 aromatic heterocycles. The lowest BCUT2D eigenvalue weighted by Crippen LogP contribution is -2.57. The van der Waals surface area contributed by atoms with Crippen molar-refractivity contribution in [2.75, 3.05) is 52.5 Å². The van der Waals surface area contributed by atoms with Crippen LogP contribution in [0.3, 0.4) is 0 Å². The summed E-state index contributed by atoms with van der Waals surface area (Å²) < 4.78 is 29.5. The smallest absolute Gasteiger partial charge is 0.285 e. The maximum atomic E-state index is 6.20. The molecular formula is C25H28N8O5S2. The van der Waals surface area contributed by atoms with E-state index in [9.17, 15) is 0 Å². The fourth-order valence-corrected chi connectivity index (χ4v) is 4.81. The fourth-order valence-electron chi connectivity index (χ4n) is 4.29. The van der Waals surface area contributed by atoms with Crippen molar-refractivity contribution in [1.82, 2.24) is 19.4 Å². The third-order valence-electron chi connectivity index (χ3n) is 6.19. The van der Waals surface area contributed by atoms with E-state index in [1.807, 2.05) is 35.2 Å². The number of hydrogen-bond donors (Lipinski definition) is 2. The van der Waals surface area contributed by atoms with Crippen molar-refractivity contribution < 1.29 is 23.4 Å². The van der Waals surface area contributed by atoms with Crippen molar-refractivity contribution in [3.63, 3.8) is 0 Å². The molecule has 1 fully saturated rings. The van der Waals surface area contributed by atoms with Gasteiger partial charge in [0.15, 0.2) is 16.6 Å². The fraction of sp³-hybridized carbons (Fsp3) is 0.320. The monoisotopic (exact) mass is 584 g/mol. The van der Waals surface area contributed by atoms with Crippen molar-refractivity contribution in [2.24, 2.45) is 15.7 Å². The molecule has 0 spiro atoms. The third-order valence-corrected chi connectivity index (χ3v) is 6.77. The molecule has 2 aliphatic heterocycles. The summed E-state index contributed by atoms with van der Waals surface area (Å²) in [7, 11) is 4.59. The molecule has 0 saturated carbocycles. The zero-order valence-corrected chi connectivity index (χ0v) is 23.8. The first kappa shape index (κ1) is 27.5. The molecule has 13 nitrogen and oxygen atoms in total. The van der Waals surface area contributed by atoms with Gasteiger partial charge in [0, 0.05) is 24.3 Å². The van der Waals surface area contributed by atoms with Gasteiger partial charge in [-0.2, -0.15) is 4.99 Å². The molecule has 210 valence electrons. The van der Waals surface area contributed by atoms with Gasteiger partial charge in [0.2, 0.25) is 29.7 Å². The number of methoxy groups -OCH3 is 3. The Balaban J connectivity index is 1.58. The highest BCUT2D eigenvalue weighted by Crippen LogP contribution is 2.41. The van der Waals surface area contributed by atoms with Crippen molar-refractivity contribution in [2.45, 2.75) is 6.29 Å². The minimum atomic E-state index is -0.801. The van der Waals surface area contributed by atoms with Gasteiger partial charge >= 0.3 is 0 Å². The molecule has 2 aliphatic rings. The van der Waals surface area contributed by atoms with Crippen molar-refractivity contribution >= 4 is 47.6 Å². The number of thiocarbonyl (C=S) groups is 1. The second-order valence-electron chi connectivity index (χ2n) is 8.53. The van der Waals surface area contributed by atoms with Crippen LogP contribution in [0.25, 0.3) is 11.5 Å². The van der Waals surface area contributed by atoms with Gasteiger partial charge in [-0.05, 0) is 36.5 Å². The van der Waals surface area contributed by atoms with Gasteiger partial charge in [0.25, 0.3) is 5.89 Å². The number of morpholine rings is 1. The summed E-state index contributed by atoms with van der Waals surface area (Å²) in [5, 5.41) is 8.59. The van der Waals surface area contributed by atoms with Crippen LogP contribution < -0.4 is 24.8 Å². The number of aliphatic imine (C=N–C) groups is 2. The standard InChI is InChI=1S/C25H28N8O5S2/c1-34-17-13-15(14-18(35-2)19(17)36-3)21-29-30-22(38-21)20-27-24(31-9-11-37-12-10-31)33(40)25(28-20)32(23(26)39)16-7-5-4-6-8-16/h4-8,13-14,25,40H,9-12H2,1-3H3,(H2,26,39). The van der Waals surface area contributed by atoms with Gasteiger partial charge in [-0.3, -0.25) is 4.90 Å². The lowest BCUT2D eigenvalue weighted by molar-refractivity contribution is 0.0640. The number of nitrogens with zero attached hydrogens (tertiary/aromatic N) is 7. The molecule has 0 aliphatic carbocycles. The van der Waals surface area contributed by atoms with Crippen molar-refractivity contribution in [3.8, 4) is 28.7 Å². The summed E-state index contributed by atoms with van der Waals surface area (Å²) in [6.45, 7) is 2.30. The Kier molecular flexibility index (Phi) is 8.23. The number of para-hydroxylation sites is 1. The number of ether oxygens (including phenoxy) is 4. The Morgan fingerprint density at radius 3 is 2.27 bits per heavy atom. The minimum absolute atomic E-state index is 0.0943. The Morgan fingerprint density at radius 2 is 1.68 bits per heavy atom. The first-order valence-electron chi connectivity index (χ1n) is 12.2. The highest BCUT2D eigenvalue weighted by molar-refractivity contribution is 7.80. The molecule has 40 heavy (non-hydrogen) atoms. The number of rotatable bonds is 7. The summed E-state index contributed by atoms with van der Waals surface area (Å²) in [5.74, 6) is 2.35. The molecule has 1 unspecified atom stereocenters. The maximum Gasteiger partial charge on any atom is 0.285 e. The van der Waals surface area contributed by atoms with Crippen LogP contribution in [0, 0.1) is 0 Å².